The minimum Gasteiger partial charge on any atom is -0.382 e. The van der Waals surface area contributed by atoms with Crippen LogP contribution < -0.4 is 11.3 Å². The number of hydrogen-bond acceptors (Lipinski definition) is 4. The van der Waals surface area contributed by atoms with Gasteiger partial charge in [0.1, 0.15) is 5.82 Å². The molecule has 0 saturated carbocycles. The van der Waals surface area contributed by atoms with Gasteiger partial charge in [-0.2, -0.15) is 5.11 Å². The van der Waals surface area contributed by atoms with Crippen LogP contribution in [-0.4, -0.2) is 10.2 Å². The van der Waals surface area contributed by atoms with E-state index in [4.69, 9.17) is 5.73 Å². The normalized spacial score (nSPS) is 11.1. The number of aromatic amines is 2. The molecule has 1 aromatic heterocycles. The number of rotatable bonds is 2. The molecule has 0 aliphatic carbocycles. The molecule has 4 N–H and O–H groups in total. The number of H-pyrrole nitrogens is 2. The summed E-state index contributed by atoms with van der Waals surface area (Å²) >= 11 is 0. The highest BCUT2D eigenvalue weighted by molar-refractivity contribution is 5.55. The molecule has 0 saturated heterocycles. The summed E-state index contributed by atoms with van der Waals surface area (Å²) in [4.78, 5) is 11.2. The van der Waals surface area contributed by atoms with Crippen molar-refractivity contribution < 1.29 is 0 Å². The third-order valence-corrected chi connectivity index (χ3v) is 2.08. The van der Waals surface area contributed by atoms with E-state index in [-0.39, 0.29) is 17.1 Å². The van der Waals surface area contributed by atoms with Gasteiger partial charge >= 0.3 is 0 Å². The van der Waals surface area contributed by atoms with Crippen molar-refractivity contribution >= 4 is 17.2 Å². The van der Waals surface area contributed by atoms with E-state index in [2.05, 4.69) is 20.4 Å². The van der Waals surface area contributed by atoms with Gasteiger partial charge in [-0.25, -0.2) is 0 Å². The third-order valence-electron chi connectivity index (χ3n) is 2.08. The van der Waals surface area contributed by atoms with Crippen LogP contribution in [0.25, 0.3) is 0 Å². The van der Waals surface area contributed by atoms with Crippen LogP contribution in [0.2, 0.25) is 0 Å². The number of hydrogen-bond donors (Lipinski definition) is 3. The number of azo groups is 1. The predicted octanol–water partition coefficient (Wildman–Crippen LogP) is 2.01. The maximum atomic E-state index is 11.2. The molecule has 0 spiro atoms. The van der Waals surface area contributed by atoms with Gasteiger partial charge in [0.2, 0.25) is 0 Å². The van der Waals surface area contributed by atoms with Crippen LogP contribution in [0, 0.1) is 6.92 Å². The average molecular weight is 217 g/mol. The van der Waals surface area contributed by atoms with E-state index in [0.29, 0.717) is 5.69 Å². The quantitative estimate of drug-likeness (QED) is 0.670. The summed E-state index contributed by atoms with van der Waals surface area (Å²) in [6.45, 7) is 1.98. The van der Waals surface area contributed by atoms with Crippen LogP contribution in [0.15, 0.2) is 39.3 Å². The van der Waals surface area contributed by atoms with E-state index in [1.165, 1.54) is 0 Å². The maximum Gasteiger partial charge on any atom is 0.293 e. The van der Waals surface area contributed by atoms with Gasteiger partial charge < -0.3 is 5.73 Å². The summed E-state index contributed by atoms with van der Waals surface area (Å²) in [5.41, 5.74) is 7.01. The van der Waals surface area contributed by atoms with Gasteiger partial charge in [0.15, 0.2) is 5.69 Å². The number of aryl methyl sites for hydroxylation is 1. The van der Waals surface area contributed by atoms with Crippen LogP contribution in [-0.2, 0) is 0 Å². The Labute approximate surface area is 91.2 Å². The highest BCUT2D eigenvalue weighted by Crippen LogP contribution is 2.18. The zero-order valence-corrected chi connectivity index (χ0v) is 8.69. The molecule has 0 bridgehead atoms. The van der Waals surface area contributed by atoms with Crippen molar-refractivity contribution in [3.63, 3.8) is 0 Å². The lowest BCUT2D eigenvalue weighted by molar-refractivity contribution is 1.06. The van der Waals surface area contributed by atoms with E-state index in [1.54, 1.807) is 0 Å². The van der Waals surface area contributed by atoms with Gasteiger partial charge in [0, 0.05) is 0 Å². The van der Waals surface area contributed by atoms with Crippen LogP contribution in [0.1, 0.15) is 5.56 Å². The summed E-state index contributed by atoms with van der Waals surface area (Å²) in [5, 5.41) is 12.5. The van der Waals surface area contributed by atoms with Gasteiger partial charge in [-0.05, 0) is 19.1 Å². The van der Waals surface area contributed by atoms with Gasteiger partial charge in [-0.15, -0.1) is 5.11 Å². The Hall–Kier alpha value is -2.37. The lowest BCUT2D eigenvalue weighted by atomic mass is 10.2. The van der Waals surface area contributed by atoms with Crippen molar-refractivity contribution in [2.75, 3.05) is 5.73 Å². The van der Waals surface area contributed by atoms with Gasteiger partial charge in [-0.1, -0.05) is 17.7 Å². The predicted molar refractivity (Wildman–Crippen MR) is 61.2 cm³/mol. The molecule has 82 valence electrons. The molecule has 16 heavy (non-hydrogen) atoms. The first kappa shape index (κ1) is 10.2. The van der Waals surface area contributed by atoms with Gasteiger partial charge in [0.25, 0.3) is 5.56 Å². The van der Waals surface area contributed by atoms with Crippen LogP contribution in [0.5, 0.6) is 0 Å². The van der Waals surface area contributed by atoms with E-state index in [9.17, 15) is 4.79 Å². The summed E-state index contributed by atoms with van der Waals surface area (Å²) in [6, 6.07) is 7.46. The third kappa shape index (κ3) is 2.00. The number of nitrogens with zero attached hydrogens (tertiary/aromatic N) is 2. The second kappa shape index (κ2) is 4.01. The number of nitrogens with one attached hydrogen (secondary N) is 2. The first-order valence-electron chi connectivity index (χ1n) is 4.71. The maximum absolute atomic E-state index is 11.2. The van der Waals surface area contributed by atoms with Crippen molar-refractivity contribution in [2.24, 2.45) is 10.2 Å². The molecule has 0 atom stereocenters. The highest BCUT2D eigenvalue weighted by atomic mass is 16.1. The second-order valence-electron chi connectivity index (χ2n) is 3.38. The molecule has 0 aliphatic rings. The Balaban J connectivity index is 2.28. The fraction of sp³-hybridized carbons (Fsp3) is 0.100. The molecule has 0 fully saturated rings. The number of anilines is 1. The number of nitrogens with two attached hydrogens (primary N) is 1. The molecule has 1 aromatic carbocycles. The minimum absolute atomic E-state index is 0.0978. The van der Waals surface area contributed by atoms with Crippen molar-refractivity contribution in [2.45, 2.75) is 6.92 Å². The minimum atomic E-state index is -0.381. The number of nitrogen functional groups attached to an aromatic ring is 1. The summed E-state index contributed by atoms with van der Waals surface area (Å²) in [7, 11) is 0. The monoisotopic (exact) mass is 217 g/mol. The Morgan fingerprint density at radius 1 is 1.12 bits per heavy atom. The molecule has 6 nitrogen and oxygen atoms in total. The molecule has 0 amide bonds. The molecule has 2 aromatic rings. The van der Waals surface area contributed by atoms with E-state index < -0.39 is 0 Å². The van der Waals surface area contributed by atoms with Crippen molar-refractivity contribution in [1.82, 2.24) is 10.2 Å². The van der Waals surface area contributed by atoms with Crippen LogP contribution in [0.4, 0.5) is 17.2 Å². The molecule has 0 unspecified atom stereocenters. The Morgan fingerprint density at radius 2 is 1.81 bits per heavy atom. The Kier molecular flexibility index (Phi) is 2.55. The lowest BCUT2D eigenvalue weighted by Gasteiger charge is -1.92. The molecule has 0 radical (unpaired) electrons. The Bertz CT molecular complexity index is 564. The molecular weight excluding hydrogens is 206 g/mol. The SMILES string of the molecule is Cc1ccc(N=Nc2c(N)[nH][nH]c2=O)cc1. The second-order valence-corrected chi connectivity index (χ2v) is 3.38. The number of aromatic nitrogens is 2. The molecule has 0 aliphatic heterocycles. The van der Waals surface area contributed by atoms with Crippen LogP contribution >= 0.6 is 0 Å². The van der Waals surface area contributed by atoms with Gasteiger partial charge in [0.05, 0.1) is 5.69 Å². The topological polar surface area (TPSA) is 99.4 Å². The highest BCUT2D eigenvalue weighted by Gasteiger charge is 2.04. The molecule has 1 heterocycles. The first-order chi connectivity index (χ1) is 7.66. The summed E-state index contributed by atoms with van der Waals surface area (Å²) in [6.07, 6.45) is 0. The average Bonchev–Trinajstić information content (AvgIpc) is 2.59. The standard InChI is InChI=1S/C10H11N5O/c1-6-2-4-7(5-3-6)12-13-8-9(11)14-15-10(8)16/h2-5H,1H3,(H4,11,14,15,16). The lowest BCUT2D eigenvalue weighted by Crippen LogP contribution is -1.96. The van der Waals surface area contributed by atoms with Crippen molar-refractivity contribution in [3.8, 4) is 0 Å². The summed E-state index contributed by atoms with van der Waals surface area (Å²) < 4.78 is 0. The smallest absolute Gasteiger partial charge is 0.293 e. The fourth-order valence-electron chi connectivity index (χ4n) is 1.18. The molecule has 2 rings (SSSR count). The van der Waals surface area contributed by atoms with Crippen molar-refractivity contribution in [1.29, 1.82) is 0 Å². The van der Waals surface area contributed by atoms with Crippen molar-refractivity contribution in [3.05, 3.63) is 40.2 Å². The fourth-order valence-corrected chi connectivity index (χ4v) is 1.18. The number of benzene rings is 1. The molecule has 6 heteroatoms. The largest absolute Gasteiger partial charge is 0.382 e. The zero-order chi connectivity index (χ0) is 11.5. The first-order valence-corrected chi connectivity index (χ1v) is 4.71. The Morgan fingerprint density at radius 3 is 2.38 bits per heavy atom. The van der Waals surface area contributed by atoms with Crippen LogP contribution in [0.3, 0.4) is 0 Å². The van der Waals surface area contributed by atoms with E-state index >= 15 is 0 Å². The zero-order valence-electron chi connectivity index (χ0n) is 8.69. The van der Waals surface area contributed by atoms with Gasteiger partial charge in [-0.3, -0.25) is 15.0 Å². The van der Waals surface area contributed by atoms with E-state index in [0.717, 1.165) is 5.56 Å². The molecular formula is C10H11N5O. The van der Waals surface area contributed by atoms with E-state index in [1.807, 2.05) is 31.2 Å². The summed E-state index contributed by atoms with van der Waals surface area (Å²) in [5.74, 6) is 0.181.